The Morgan fingerprint density at radius 1 is 1.50 bits per heavy atom. The van der Waals surface area contributed by atoms with Crippen molar-refractivity contribution in [2.45, 2.75) is 6.54 Å². The number of aromatic nitrogens is 1. The quantitative estimate of drug-likeness (QED) is 0.737. The van der Waals surface area contributed by atoms with Crippen molar-refractivity contribution in [3.8, 4) is 17.5 Å². The average Bonchev–Trinajstić information content (AvgIpc) is 2.27. The fourth-order valence-corrected chi connectivity index (χ4v) is 1.33. The molecule has 0 fully saturated rings. The lowest BCUT2D eigenvalue weighted by Crippen LogP contribution is -2.18. The van der Waals surface area contributed by atoms with Crippen molar-refractivity contribution in [3.05, 3.63) is 11.6 Å². The number of nitrogens with two attached hydrogens (primary N) is 1. The number of hydrogen-bond acceptors (Lipinski definition) is 5. The predicted molar refractivity (Wildman–Crippen MR) is 49.7 cm³/mol. The van der Waals surface area contributed by atoms with E-state index in [1.165, 1.54) is 0 Å². The van der Waals surface area contributed by atoms with Crippen LogP contribution in [0.5, 0.6) is 17.5 Å². The Kier molecular flexibility index (Phi) is 2.41. The number of fused-ring (bicyclic) bond motifs is 1. The second-order valence-electron chi connectivity index (χ2n) is 2.86. The van der Waals surface area contributed by atoms with E-state index in [1.54, 1.807) is 13.2 Å². The van der Waals surface area contributed by atoms with Crippen LogP contribution in [0, 0.1) is 0 Å². The van der Waals surface area contributed by atoms with Gasteiger partial charge in [0, 0.05) is 18.2 Å². The summed E-state index contributed by atoms with van der Waals surface area (Å²) in [6, 6.07) is 1.76. The average molecular weight is 196 g/mol. The molecule has 5 heteroatoms. The highest BCUT2D eigenvalue weighted by Gasteiger charge is 2.18. The molecule has 76 valence electrons. The van der Waals surface area contributed by atoms with Gasteiger partial charge in [0.1, 0.15) is 13.2 Å². The molecule has 1 aromatic rings. The zero-order valence-electron chi connectivity index (χ0n) is 7.95. The first-order chi connectivity index (χ1) is 6.85. The molecule has 2 heterocycles. The summed E-state index contributed by atoms with van der Waals surface area (Å²) in [6.07, 6.45) is 0. The van der Waals surface area contributed by atoms with E-state index in [-0.39, 0.29) is 0 Å². The first-order valence-corrected chi connectivity index (χ1v) is 4.38. The third kappa shape index (κ3) is 1.46. The van der Waals surface area contributed by atoms with Crippen LogP contribution in [-0.2, 0) is 6.54 Å². The van der Waals surface area contributed by atoms with Crippen LogP contribution >= 0.6 is 0 Å². The molecule has 0 bridgehead atoms. The molecule has 0 saturated carbocycles. The second kappa shape index (κ2) is 3.71. The van der Waals surface area contributed by atoms with E-state index in [2.05, 4.69) is 4.98 Å². The molecule has 1 aliphatic rings. The number of ether oxygens (including phenoxy) is 3. The molecule has 0 aliphatic carbocycles. The van der Waals surface area contributed by atoms with Crippen molar-refractivity contribution in [3.63, 3.8) is 0 Å². The van der Waals surface area contributed by atoms with Gasteiger partial charge in [0.05, 0.1) is 7.11 Å². The summed E-state index contributed by atoms with van der Waals surface area (Å²) in [5.41, 5.74) is 6.43. The Balaban J connectivity index is 2.47. The highest BCUT2D eigenvalue weighted by molar-refractivity contribution is 5.45. The summed E-state index contributed by atoms with van der Waals surface area (Å²) in [6.45, 7) is 1.43. The second-order valence-corrected chi connectivity index (χ2v) is 2.86. The van der Waals surface area contributed by atoms with Crippen molar-refractivity contribution >= 4 is 0 Å². The predicted octanol–water partition coefficient (Wildman–Crippen LogP) is 0.320. The van der Waals surface area contributed by atoms with Gasteiger partial charge in [-0.3, -0.25) is 0 Å². The molecule has 5 nitrogen and oxygen atoms in total. The first-order valence-electron chi connectivity index (χ1n) is 4.38. The summed E-state index contributed by atoms with van der Waals surface area (Å²) >= 11 is 0. The van der Waals surface area contributed by atoms with E-state index < -0.39 is 0 Å². The summed E-state index contributed by atoms with van der Waals surface area (Å²) in [5.74, 6) is 1.60. The lowest BCUT2D eigenvalue weighted by molar-refractivity contribution is 0.161. The van der Waals surface area contributed by atoms with Crippen molar-refractivity contribution in [2.75, 3.05) is 20.3 Å². The zero-order valence-corrected chi connectivity index (χ0v) is 7.95. The van der Waals surface area contributed by atoms with E-state index in [1.807, 2.05) is 0 Å². The maximum atomic E-state index is 5.58. The molecule has 0 amide bonds. The molecule has 0 spiro atoms. The maximum absolute atomic E-state index is 5.58. The standard InChI is InChI=1S/C9H12N2O3/c1-12-7-4-6(5-10)8-9(11-7)14-3-2-13-8/h4H,2-3,5,10H2,1H3. The highest BCUT2D eigenvalue weighted by atomic mass is 16.6. The van der Waals surface area contributed by atoms with Gasteiger partial charge in [0.25, 0.3) is 5.88 Å². The van der Waals surface area contributed by atoms with E-state index in [4.69, 9.17) is 19.9 Å². The van der Waals surface area contributed by atoms with Crippen LogP contribution < -0.4 is 19.9 Å². The van der Waals surface area contributed by atoms with E-state index in [0.29, 0.717) is 37.3 Å². The number of pyridine rings is 1. The van der Waals surface area contributed by atoms with Crippen molar-refractivity contribution in [1.29, 1.82) is 0 Å². The van der Waals surface area contributed by atoms with Gasteiger partial charge < -0.3 is 19.9 Å². The molecule has 2 rings (SSSR count). The Labute approximate surface area is 81.8 Å². The van der Waals surface area contributed by atoms with Crippen LogP contribution in [0.4, 0.5) is 0 Å². The van der Waals surface area contributed by atoms with Crippen molar-refractivity contribution < 1.29 is 14.2 Å². The molecule has 0 atom stereocenters. The third-order valence-corrected chi connectivity index (χ3v) is 1.99. The molecule has 0 aromatic carbocycles. The smallest absolute Gasteiger partial charge is 0.260 e. The lowest BCUT2D eigenvalue weighted by atomic mass is 10.2. The topological polar surface area (TPSA) is 66.6 Å². The molecular formula is C9H12N2O3. The molecule has 0 saturated heterocycles. The van der Waals surface area contributed by atoms with Crippen LogP contribution in [0.3, 0.4) is 0 Å². The monoisotopic (exact) mass is 196 g/mol. The van der Waals surface area contributed by atoms with Gasteiger partial charge >= 0.3 is 0 Å². The van der Waals surface area contributed by atoms with Crippen LogP contribution in [0.15, 0.2) is 6.07 Å². The van der Waals surface area contributed by atoms with Crippen LogP contribution in [-0.4, -0.2) is 25.3 Å². The molecule has 1 aliphatic heterocycles. The zero-order chi connectivity index (χ0) is 9.97. The number of methoxy groups -OCH3 is 1. The van der Waals surface area contributed by atoms with Crippen LogP contribution in [0.2, 0.25) is 0 Å². The molecule has 14 heavy (non-hydrogen) atoms. The molecular weight excluding hydrogens is 184 g/mol. The molecule has 0 unspecified atom stereocenters. The minimum Gasteiger partial charge on any atom is -0.484 e. The summed E-state index contributed by atoms with van der Waals surface area (Å²) in [4.78, 5) is 4.12. The van der Waals surface area contributed by atoms with Crippen molar-refractivity contribution in [2.24, 2.45) is 5.73 Å². The highest BCUT2D eigenvalue weighted by Crippen LogP contribution is 2.34. The summed E-state index contributed by atoms with van der Waals surface area (Å²) in [5, 5.41) is 0. The van der Waals surface area contributed by atoms with E-state index >= 15 is 0 Å². The third-order valence-electron chi connectivity index (χ3n) is 1.99. The van der Waals surface area contributed by atoms with Gasteiger partial charge in [0.2, 0.25) is 5.88 Å². The minimum absolute atomic E-state index is 0.380. The maximum Gasteiger partial charge on any atom is 0.260 e. The fourth-order valence-electron chi connectivity index (χ4n) is 1.33. The Morgan fingerprint density at radius 3 is 3.00 bits per heavy atom. The normalized spacial score (nSPS) is 13.9. The van der Waals surface area contributed by atoms with Gasteiger partial charge in [-0.2, -0.15) is 4.98 Å². The number of rotatable bonds is 2. The van der Waals surface area contributed by atoms with E-state index in [9.17, 15) is 0 Å². The van der Waals surface area contributed by atoms with Gasteiger partial charge in [-0.25, -0.2) is 0 Å². The largest absolute Gasteiger partial charge is 0.484 e. The van der Waals surface area contributed by atoms with Gasteiger partial charge in [0.15, 0.2) is 5.75 Å². The van der Waals surface area contributed by atoms with Gasteiger partial charge in [-0.1, -0.05) is 0 Å². The van der Waals surface area contributed by atoms with Gasteiger partial charge in [-0.15, -0.1) is 0 Å². The Morgan fingerprint density at radius 2 is 2.29 bits per heavy atom. The lowest BCUT2D eigenvalue weighted by Gasteiger charge is -2.20. The first kappa shape index (κ1) is 9.08. The Hall–Kier alpha value is -1.49. The Bertz CT molecular complexity index is 324. The van der Waals surface area contributed by atoms with Crippen molar-refractivity contribution in [1.82, 2.24) is 4.98 Å². The summed E-state index contributed by atoms with van der Waals surface area (Å²) < 4.78 is 15.8. The summed E-state index contributed by atoms with van der Waals surface area (Å²) in [7, 11) is 1.55. The minimum atomic E-state index is 0.380. The number of nitrogens with zero attached hydrogens (tertiary/aromatic N) is 1. The molecule has 1 aromatic heterocycles. The molecule has 0 radical (unpaired) electrons. The van der Waals surface area contributed by atoms with E-state index in [0.717, 1.165) is 5.56 Å². The molecule has 2 N–H and O–H groups in total. The fraction of sp³-hybridized carbons (Fsp3) is 0.444. The van der Waals surface area contributed by atoms with Crippen LogP contribution in [0.1, 0.15) is 5.56 Å². The number of hydrogen-bond donors (Lipinski definition) is 1. The van der Waals surface area contributed by atoms with Crippen LogP contribution in [0.25, 0.3) is 0 Å². The van der Waals surface area contributed by atoms with Gasteiger partial charge in [-0.05, 0) is 0 Å². The SMILES string of the molecule is COc1cc(CN)c2c(n1)OCCO2.